The summed E-state index contributed by atoms with van der Waals surface area (Å²) in [4.78, 5) is 13.6. The number of β-amino-alcohol motifs (C(OH)–C–C–N with tert-alkyl or cyclic N) is 1. The molecule has 188 valence electrons. The molecule has 11 heteroatoms. The Bertz CT molecular complexity index is 1210. The van der Waals surface area contributed by atoms with Gasteiger partial charge in [0.15, 0.2) is 21.3 Å². The summed E-state index contributed by atoms with van der Waals surface area (Å²) >= 11 is 6.04. The number of nitriles is 1. The van der Waals surface area contributed by atoms with Crippen molar-refractivity contribution in [3.63, 3.8) is 0 Å². The van der Waals surface area contributed by atoms with Crippen LogP contribution in [0.25, 0.3) is 0 Å². The number of aliphatic hydroxyl groups is 1. The molecule has 2 saturated heterocycles. The fourth-order valence-corrected chi connectivity index (χ4v) is 6.25. The fraction of sp³-hybridized carbons (Fsp3) is 0.542. The number of aliphatic hydroxyl groups excluding tert-OH is 1. The lowest BCUT2D eigenvalue weighted by Gasteiger charge is -2.47. The van der Waals surface area contributed by atoms with Gasteiger partial charge in [-0.1, -0.05) is 17.7 Å². The van der Waals surface area contributed by atoms with Crippen LogP contribution in [0.3, 0.4) is 0 Å². The first kappa shape index (κ1) is 25.6. The summed E-state index contributed by atoms with van der Waals surface area (Å²) in [6.45, 7) is 6.57. The topological polar surface area (TPSA) is 122 Å². The second-order valence-corrected chi connectivity index (χ2v) is 11.9. The highest BCUT2D eigenvalue weighted by Gasteiger charge is 2.36. The van der Waals surface area contributed by atoms with Crippen LogP contribution in [0, 0.1) is 23.2 Å². The summed E-state index contributed by atoms with van der Waals surface area (Å²) in [6, 6.07) is 6.37. The van der Waals surface area contributed by atoms with Gasteiger partial charge in [0.1, 0.15) is 11.9 Å². The third-order valence-corrected chi connectivity index (χ3v) is 8.31. The van der Waals surface area contributed by atoms with Crippen LogP contribution in [0.5, 0.6) is 0 Å². The van der Waals surface area contributed by atoms with Crippen LogP contribution in [0.4, 0.5) is 11.6 Å². The van der Waals surface area contributed by atoms with Crippen molar-refractivity contribution in [1.29, 1.82) is 5.26 Å². The molecule has 2 aliphatic rings. The third-order valence-electron chi connectivity index (χ3n) is 6.92. The number of anilines is 2. The van der Waals surface area contributed by atoms with Crippen LogP contribution in [0.1, 0.15) is 37.1 Å². The van der Waals surface area contributed by atoms with E-state index in [1.807, 2.05) is 6.92 Å². The van der Waals surface area contributed by atoms with E-state index in [1.165, 1.54) is 12.5 Å². The van der Waals surface area contributed by atoms with Crippen LogP contribution in [-0.2, 0) is 9.84 Å². The average molecular weight is 519 g/mol. The molecular weight excluding hydrogens is 488 g/mol. The summed E-state index contributed by atoms with van der Waals surface area (Å²) in [6.07, 6.45) is 5.12. The van der Waals surface area contributed by atoms with E-state index in [0.717, 1.165) is 45.4 Å². The quantitative estimate of drug-likeness (QED) is 0.543. The predicted octanol–water partition coefficient (Wildman–Crippen LogP) is 2.72. The Morgan fingerprint density at radius 1 is 1.31 bits per heavy atom. The SMILES string of the molecule is C[C@@H](Nc1nc(N2CC([C@H]3CCCN(CCO)C3)C2)cnc1C#N)c1ccc(Cl)cc1S(C)(=O)=O. The molecular formula is C24H31ClN6O3S. The lowest BCUT2D eigenvalue weighted by molar-refractivity contribution is 0.101. The molecule has 2 aliphatic heterocycles. The lowest BCUT2D eigenvalue weighted by Crippen LogP contribution is -2.54. The van der Waals surface area contributed by atoms with Crippen LogP contribution in [0.2, 0.25) is 5.02 Å². The zero-order valence-corrected chi connectivity index (χ0v) is 21.6. The highest BCUT2D eigenvalue weighted by Crippen LogP contribution is 2.34. The maximum absolute atomic E-state index is 12.3. The van der Waals surface area contributed by atoms with Gasteiger partial charge in [-0.2, -0.15) is 5.26 Å². The van der Waals surface area contributed by atoms with E-state index in [4.69, 9.17) is 11.6 Å². The van der Waals surface area contributed by atoms with Crippen LogP contribution >= 0.6 is 11.6 Å². The summed E-state index contributed by atoms with van der Waals surface area (Å²) in [7, 11) is -3.50. The van der Waals surface area contributed by atoms with Crippen LogP contribution in [0.15, 0.2) is 29.3 Å². The van der Waals surface area contributed by atoms with Gasteiger partial charge in [-0.05, 0) is 55.8 Å². The Morgan fingerprint density at radius 2 is 2.09 bits per heavy atom. The number of benzene rings is 1. The number of nitrogens with one attached hydrogen (secondary N) is 1. The number of halogens is 1. The number of rotatable bonds is 8. The summed E-state index contributed by atoms with van der Waals surface area (Å²) in [5.41, 5.74) is 0.696. The van der Waals surface area contributed by atoms with E-state index in [2.05, 4.69) is 31.2 Å². The Labute approximate surface area is 211 Å². The Kier molecular flexibility index (Phi) is 7.81. The van der Waals surface area contributed by atoms with Crippen LogP contribution < -0.4 is 10.2 Å². The van der Waals surface area contributed by atoms with Crippen molar-refractivity contribution in [3.05, 3.63) is 40.7 Å². The van der Waals surface area contributed by atoms with Crippen molar-refractivity contribution < 1.29 is 13.5 Å². The van der Waals surface area contributed by atoms with Gasteiger partial charge in [-0.3, -0.25) is 0 Å². The summed E-state index contributed by atoms with van der Waals surface area (Å²) in [5.74, 6) is 2.19. The van der Waals surface area contributed by atoms with Gasteiger partial charge in [0, 0.05) is 37.5 Å². The number of aromatic nitrogens is 2. The van der Waals surface area contributed by atoms with Crippen molar-refractivity contribution in [2.24, 2.45) is 11.8 Å². The largest absolute Gasteiger partial charge is 0.395 e. The fourth-order valence-electron chi connectivity index (χ4n) is 5.00. The molecule has 9 nitrogen and oxygen atoms in total. The zero-order chi connectivity index (χ0) is 25.2. The standard InChI is InChI=1S/C24H31ClN6O3S/c1-16(20-6-5-19(25)10-22(20)35(2,33)34)28-24-21(11-26)27-12-23(29-24)31-14-18(15-31)17-4-3-7-30(13-17)8-9-32/h5-6,10,12,16-18,32H,3-4,7-9,13-15H2,1-2H3,(H,28,29)/t16-,17+/m1/s1. The minimum Gasteiger partial charge on any atom is -0.395 e. The Hall–Kier alpha value is -2.45. The number of nitrogens with zero attached hydrogens (tertiary/aromatic N) is 5. The molecule has 0 saturated carbocycles. The highest BCUT2D eigenvalue weighted by atomic mass is 35.5. The van der Waals surface area contributed by atoms with E-state index in [9.17, 15) is 18.8 Å². The third kappa shape index (κ3) is 5.86. The second kappa shape index (κ2) is 10.7. The smallest absolute Gasteiger partial charge is 0.183 e. The average Bonchev–Trinajstić information content (AvgIpc) is 2.78. The first-order chi connectivity index (χ1) is 16.7. The molecule has 1 aromatic heterocycles. The molecule has 35 heavy (non-hydrogen) atoms. The molecule has 0 spiro atoms. The molecule has 2 N–H and O–H groups in total. The van der Waals surface area contributed by atoms with Crippen molar-refractivity contribution in [1.82, 2.24) is 14.9 Å². The molecule has 0 unspecified atom stereocenters. The monoisotopic (exact) mass is 518 g/mol. The Balaban J connectivity index is 1.48. The van der Waals surface area contributed by atoms with Gasteiger partial charge in [0.05, 0.1) is 23.7 Å². The molecule has 3 heterocycles. The van der Waals surface area contributed by atoms with Gasteiger partial charge >= 0.3 is 0 Å². The molecule has 4 rings (SSSR count). The van der Waals surface area contributed by atoms with Gasteiger partial charge < -0.3 is 20.2 Å². The molecule has 0 amide bonds. The number of piperidine rings is 1. The summed E-state index contributed by atoms with van der Waals surface area (Å²) < 4.78 is 24.6. The number of sulfone groups is 1. The van der Waals surface area contributed by atoms with Gasteiger partial charge in [-0.15, -0.1) is 0 Å². The molecule has 2 fully saturated rings. The maximum Gasteiger partial charge on any atom is 0.183 e. The number of hydrogen-bond donors (Lipinski definition) is 2. The molecule has 1 aromatic carbocycles. The van der Waals surface area contributed by atoms with Gasteiger partial charge in [-0.25, -0.2) is 18.4 Å². The van der Waals surface area contributed by atoms with E-state index >= 15 is 0 Å². The van der Waals surface area contributed by atoms with Crippen molar-refractivity contribution in [3.8, 4) is 6.07 Å². The van der Waals surface area contributed by atoms with Crippen molar-refractivity contribution >= 4 is 33.1 Å². The number of hydrogen-bond acceptors (Lipinski definition) is 9. The first-order valence-electron chi connectivity index (χ1n) is 11.8. The predicted molar refractivity (Wildman–Crippen MR) is 135 cm³/mol. The Morgan fingerprint density at radius 3 is 2.77 bits per heavy atom. The normalized spacial score (nSPS) is 20.2. The van der Waals surface area contributed by atoms with Crippen LogP contribution in [-0.4, -0.2) is 74.0 Å². The minimum atomic E-state index is -3.50. The second-order valence-electron chi connectivity index (χ2n) is 9.45. The van der Waals surface area contributed by atoms with E-state index in [0.29, 0.717) is 34.1 Å². The van der Waals surface area contributed by atoms with Gasteiger partial charge in [0.2, 0.25) is 0 Å². The molecule has 2 aromatic rings. The number of likely N-dealkylation sites (tertiary alicyclic amines) is 1. The first-order valence-corrected chi connectivity index (χ1v) is 14.1. The lowest BCUT2D eigenvalue weighted by atomic mass is 9.80. The van der Waals surface area contributed by atoms with E-state index < -0.39 is 15.9 Å². The van der Waals surface area contributed by atoms with Crippen molar-refractivity contribution in [2.75, 3.05) is 55.8 Å². The zero-order valence-electron chi connectivity index (χ0n) is 20.0. The highest BCUT2D eigenvalue weighted by molar-refractivity contribution is 7.90. The van der Waals surface area contributed by atoms with Crippen molar-refractivity contribution in [2.45, 2.75) is 30.7 Å². The molecule has 0 aliphatic carbocycles. The molecule has 0 radical (unpaired) electrons. The maximum atomic E-state index is 12.3. The van der Waals surface area contributed by atoms with Gasteiger partial charge in [0.25, 0.3) is 0 Å². The summed E-state index contributed by atoms with van der Waals surface area (Å²) in [5, 5.41) is 22.3. The molecule has 2 atom stereocenters. The molecule has 0 bridgehead atoms. The van der Waals surface area contributed by atoms with E-state index in [-0.39, 0.29) is 17.2 Å². The van der Waals surface area contributed by atoms with E-state index in [1.54, 1.807) is 18.3 Å². The minimum absolute atomic E-state index is 0.140.